The molecule has 2 heterocycles. The lowest BCUT2D eigenvalue weighted by Crippen LogP contribution is -2.25. The van der Waals surface area contributed by atoms with Crippen LogP contribution in [0.4, 0.5) is 0 Å². The van der Waals surface area contributed by atoms with Crippen LogP contribution in [-0.2, 0) is 0 Å². The fraction of sp³-hybridized carbons (Fsp3) is 0. The van der Waals surface area contributed by atoms with Gasteiger partial charge in [-0.3, -0.25) is 0 Å². The first-order valence-corrected chi connectivity index (χ1v) is 10.7. The van der Waals surface area contributed by atoms with Crippen LogP contribution >= 0.6 is 0 Å². The van der Waals surface area contributed by atoms with E-state index in [1.165, 1.54) is 22.0 Å². The average molecular weight is 415 g/mol. The Labute approximate surface area is 189 Å². The van der Waals surface area contributed by atoms with E-state index in [0.717, 1.165) is 0 Å². The lowest BCUT2D eigenvalue weighted by Gasteiger charge is -1.95. The third-order valence-corrected chi connectivity index (χ3v) is 4.94. The van der Waals surface area contributed by atoms with Gasteiger partial charge in [-0.05, 0) is 23.3 Å². The summed E-state index contributed by atoms with van der Waals surface area (Å²) < 4.78 is 4.16. The molecule has 5 rings (SSSR count). The molecular weight excluding hydrogens is 388 g/mol. The summed E-state index contributed by atoms with van der Waals surface area (Å²) in [5, 5.41) is 1.25. The fourth-order valence-corrected chi connectivity index (χ4v) is 3.29. The van der Waals surface area contributed by atoms with Crippen molar-refractivity contribution in [3.05, 3.63) is 145 Å². The van der Waals surface area contributed by atoms with Gasteiger partial charge in [-0.25, -0.2) is 0 Å². The molecule has 32 heavy (non-hydrogen) atoms. The highest BCUT2D eigenvalue weighted by molar-refractivity contribution is 5.76. The van der Waals surface area contributed by atoms with Crippen LogP contribution in [0.25, 0.3) is 35.5 Å². The van der Waals surface area contributed by atoms with E-state index in [0.29, 0.717) is 0 Å². The summed E-state index contributed by atoms with van der Waals surface area (Å²) in [6.07, 6.45) is 14.4. The molecule has 0 radical (unpaired) electrons. The Bertz CT molecular complexity index is 1250. The van der Waals surface area contributed by atoms with Crippen molar-refractivity contribution in [3.8, 4) is 0 Å². The van der Waals surface area contributed by atoms with Gasteiger partial charge in [0.1, 0.15) is 0 Å². The van der Waals surface area contributed by atoms with Gasteiger partial charge in [-0.15, -0.1) is 0 Å². The van der Waals surface area contributed by atoms with E-state index in [2.05, 4.69) is 89.8 Å². The Morgan fingerprint density at radius 2 is 0.969 bits per heavy atom. The molecule has 0 atom stereocenters. The molecule has 2 heteroatoms. The van der Waals surface area contributed by atoms with Gasteiger partial charge in [0.2, 0.25) is 5.52 Å². The topological polar surface area (TPSA) is 7.76 Å². The zero-order chi connectivity index (χ0) is 21.8. The van der Waals surface area contributed by atoms with Crippen LogP contribution in [0.3, 0.4) is 0 Å². The van der Waals surface area contributed by atoms with E-state index in [-0.39, 0.29) is 0 Å². The number of aromatic nitrogens is 2. The summed E-state index contributed by atoms with van der Waals surface area (Å²) in [6, 6.07) is 39.2. The quantitative estimate of drug-likeness (QED) is 0.302. The van der Waals surface area contributed by atoms with Crippen molar-refractivity contribution in [3.63, 3.8) is 0 Å². The highest BCUT2D eigenvalue weighted by Crippen LogP contribution is 2.08. The zero-order valence-electron chi connectivity index (χ0n) is 17.9. The molecule has 2 nitrogen and oxygen atoms in total. The second kappa shape index (κ2) is 11.2. The van der Waals surface area contributed by atoms with E-state index < -0.39 is 0 Å². The number of pyridine rings is 2. The Balaban J connectivity index is 0.000000158. The van der Waals surface area contributed by atoms with E-state index in [1.54, 1.807) is 0 Å². The van der Waals surface area contributed by atoms with E-state index in [4.69, 9.17) is 0 Å². The summed E-state index contributed by atoms with van der Waals surface area (Å²) in [6.45, 7) is 0. The standard InChI is InChI=1S/C17H14N.C13H12N/c1-2-7-15(8-3-1)12-14-18-13-6-10-16-9-4-5-11-17(16)18;1-3-7-13(8-4-1)9-12-14-10-5-2-6-11-14/h1-14H;1-12H/q2*+1. The van der Waals surface area contributed by atoms with Crippen LogP contribution in [0, 0.1) is 0 Å². The summed E-state index contributed by atoms with van der Waals surface area (Å²) in [5.74, 6) is 0. The second-order valence-electron chi connectivity index (χ2n) is 7.25. The normalized spacial score (nSPS) is 10.9. The van der Waals surface area contributed by atoms with Crippen molar-refractivity contribution in [2.75, 3.05) is 0 Å². The molecular formula is C30H26N2+2. The highest BCUT2D eigenvalue weighted by atomic mass is 14.9. The maximum absolute atomic E-state index is 2.14. The van der Waals surface area contributed by atoms with Crippen LogP contribution in [0.2, 0.25) is 0 Å². The first-order chi connectivity index (χ1) is 15.9. The number of fused-ring (bicyclic) bond motifs is 1. The van der Waals surface area contributed by atoms with Gasteiger partial charge in [0.05, 0.1) is 0 Å². The zero-order valence-corrected chi connectivity index (χ0v) is 17.9. The number of benzene rings is 3. The smallest absolute Gasteiger partial charge is 0.174 e. The van der Waals surface area contributed by atoms with Crippen LogP contribution in [0.15, 0.2) is 134 Å². The minimum atomic E-state index is 1.21. The first-order valence-electron chi connectivity index (χ1n) is 10.7. The van der Waals surface area contributed by atoms with Gasteiger partial charge in [-0.1, -0.05) is 78.9 Å². The molecule has 0 saturated carbocycles. The predicted molar refractivity (Wildman–Crippen MR) is 134 cm³/mol. The van der Waals surface area contributed by atoms with Gasteiger partial charge in [-0.2, -0.15) is 9.13 Å². The number of para-hydroxylation sites is 1. The van der Waals surface area contributed by atoms with E-state index in [1.807, 2.05) is 77.8 Å². The fourth-order valence-electron chi connectivity index (χ4n) is 3.29. The lowest BCUT2D eigenvalue weighted by molar-refractivity contribution is -0.567. The molecule has 5 aromatic rings. The van der Waals surface area contributed by atoms with Gasteiger partial charge >= 0.3 is 0 Å². The molecule has 154 valence electrons. The SMILES string of the molecule is C(=C[n+]1cccc2ccccc21)c1ccccc1.C(=C[n+]1ccccc1)c1ccccc1. The molecule has 0 saturated heterocycles. The van der Waals surface area contributed by atoms with Gasteiger partial charge in [0.15, 0.2) is 31.0 Å². The van der Waals surface area contributed by atoms with Crippen LogP contribution in [-0.4, -0.2) is 0 Å². The third kappa shape index (κ3) is 6.10. The second-order valence-corrected chi connectivity index (χ2v) is 7.25. The molecule has 0 fully saturated rings. The molecule has 0 amide bonds. The number of hydrogen-bond donors (Lipinski definition) is 0. The van der Waals surface area contributed by atoms with Crippen molar-refractivity contribution >= 4 is 35.5 Å². The van der Waals surface area contributed by atoms with Gasteiger partial charge in [0, 0.05) is 41.8 Å². The maximum atomic E-state index is 2.14. The van der Waals surface area contributed by atoms with E-state index in [9.17, 15) is 0 Å². The molecule has 0 spiro atoms. The first kappa shape index (κ1) is 21.0. The minimum absolute atomic E-state index is 1.21. The summed E-state index contributed by atoms with van der Waals surface area (Å²) >= 11 is 0. The van der Waals surface area contributed by atoms with Crippen molar-refractivity contribution in [1.82, 2.24) is 0 Å². The third-order valence-electron chi connectivity index (χ3n) is 4.94. The predicted octanol–water partition coefficient (Wildman–Crippen LogP) is 6.36. The van der Waals surface area contributed by atoms with Crippen molar-refractivity contribution in [2.45, 2.75) is 0 Å². The van der Waals surface area contributed by atoms with Gasteiger partial charge < -0.3 is 0 Å². The van der Waals surface area contributed by atoms with Crippen LogP contribution < -0.4 is 9.13 Å². The number of nitrogens with zero attached hydrogens (tertiary/aromatic N) is 2. The molecule has 0 bridgehead atoms. The molecule has 2 aromatic heterocycles. The molecule has 0 aliphatic carbocycles. The van der Waals surface area contributed by atoms with Crippen LogP contribution in [0.1, 0.15) is 11.1 Å². The summed E-state index contributed by atoms with van der Waals surface area (Å²) in [4.78, 5) is 0. The van der Waals surface area contributed by atoms with Crippen molar-refractivity contribution in [2.24, 2.45) is 0 Å². The Morgan fingerprint density at radius 1 is 0.438 bits per heavy atom. The summed E-state index contributed by atoms with van der Waals surface area (Å²) in [7, 11) is 0. The van der Waals surface area contributed by atoms with Gasteiger partial charge in [0.25, 0.3) is 0 Å². The molecule has 0 aliphatic heterocycles. The number of hydrogen-bond acceptors (Lipinski definition) is 0. The summed E-state index contributed by atoms with van der Waals surface area (Å²) in [5.41, 5.74) is 3.63. The van der Waals surface area contributed by atoms with E-state index >= 15 is 0 Å². The Kier molecular flexibility index (Phi) is 7.33. The average Bonchev–Trinajstić information content (AvgIpc) is 2.88. The monoisotopic (exact) mass is 414 g/mol. The largest absolute Gasteiger partial charge is 0.217 e. The molecule has 0 aliphatic rings. The van der Waals surface area contributed by atoms with Crippen molar-refractivity contribution in [1.29, 1.82) is 0 Å². The Morgan fingerprint density at radius 3 is 1.66 bits per heavy atom. The molecule has 0 unspecified atom stereocenters. The maximum Gasteiger partial charge on any atom is 0.217 e. The lowest BCUT2D eigenvalue weighted by atomic mass is 10.2. The molecule has 0 N–H and O–H groups in total. The number of rotatable bonds is 4. The van der Waals surface area contributed by atoms with Crippen LogP contribution in [0.5, 0.6) is 0 Å². The molecule has 3 aromatic carbocycles. The Hall–Kier alpha value is -4.30. The highest BCUT2D eigenvalue weighted by Gasteiger charge is 2.03. The van der Waals surface area contributed by atoms with Crippen molar-refractivity contribution < 1.29 is 9.13 Å². The minimum Gasteiger partial charge on any atom is -0.174 e.